The van der Waals surface area contributed by atoms with Crippen LogP contribution in [0, 0.1) is 17.7 Å². The van der Waals surface area contributed by atoms with Crippen LogP contribution in [0.15, 0.2) is 24.3 Å². The topological polar surface area (TPSA) is 58.1 Å². The number of hydrogen-bond acceptors (Lipinski definition) is 5. The molecule has 2 fully saturated rings. The molecule has 2 heterocycles. The molecule has 138 valence electrons. The third-order valence-electron chi connectivity index (χ3n) is 5.13. The summed E-state index contributed by atoms with van der Waals surface area (Å²) in [6.45, 7) is 2.71. The fourth-order valence-electron chi connectivity index (χ4n) is 3.29. The Morgan fingerprint density at radius 1 is 1.19 bits per heavy atom. The highest BCUT2D eigenvalue weighted by atomic mass is 32.1. The van der Waals surface area contributed by atoms with Gasteiger partial charge in [-0.05, 0) is 49.3 Å². The molecule has 2 aromatic rings. The predicted molar refractivity (Wildman–Crippen MR) is 99.8 cm³/mol. The Hall–Kier alpha value is -2.02. The molecule has 1 amide bonds. The van der Waals surface area contributed by atoms with Crippen LogP contribution in [-0.2, 0) is 11.2 Å². The lowest BCUT2D eigenvalue weighted by atomic mass is 9.97. The first-order valence-corrected chi connectivity index (χ1v) is 10.0. The van der Waals surface area contributed by atoms with Crippen LogP contribution in [0.3, 0.4) is 0 Å². The number of carbonyl (C=O) groups excluding carboxylic acids is 1. The van der Waals surface area contributed by atoms with E-state index in [4.69, 9.17) is 0 Å². The average molecular weight is 374 g/mol. The number of nitrogens with one attached hydrogen (secondary N) is 1. The molecule has 1 aliphatic carbocycles. The van der Waals surface area contributed by atoms with E-state index < -0.39 is 0 Å². The first-order chi connectivity index (χ1) is 12.7. The van der Waals surface area contributed by atoms with Crippen LogP contribution in [0.25, 0.3) is 0 Å². The van der Waals surface area contributed by atoms with Gasteiger partial charge in [0.25, 0.3) is 0 Å². The number of carbonyl (C=O) groups is 1. The van der Waals surface area contributed by atoms with Gasteiger partial charge in [0.2, 0.25) is 11.0 Å². The zero-order valence-electron chi connectivity index (χ0n) is 14.7. The van der Waals surface area contributed by atoms with Gasteiger partial charge in [0, 0.05) is 43.5 Å². The molecule has 1 aromatic heterocycles. The summed E-state index contributed by atoms with van der Waals surface area (Å²) in [5.41, 5.74) is 1.01. The minimum atomic E-state index is -0.225. The molecule has 1 saturated heterocycles. The summed E-state index contributed by atoms with van der Waals surface area (Å²) in [6.07, 6.45) is 4.87. The molecule has 5 nitrogen and oxygen atoms in total. The van der Waals surface area contributed by atoms with Gasteiger partial charge < -0.3 is 10.2 Å². The number of halogens is 1. The number of anilines is 1. The summed E-state index contributed by atoms with van der Waals surface area (Å²) < 4.78 is 17.4. The van der Waals surface area contributed by atoms with Crippen LogP contribution in [0.5, 0.6) is 0 Å². The first-order valence-electron chi connectivity index (χ1n) is 9.27. The largest absolute Gasteiger partial charge is 0.356 e. The van der Waals surface area contributed by atoms with Gasteiger partial charge in [-0.1, -0.05) is 12.1 Å². The molecule has 0 atom stereocenters. The normalized spacial score (nSPS) is 18.1. The lowest BCUT2D eigenvalue weighted by Crippen LogP contribution is -2.39. The van der Waals surface area contributed by atoms with Crippen LogP contribution in [0.1, 0.15) is 37.1 Å². The van der Waals surface area contributed by atoms with Crippen molar-refractivity contribution >= 4 is 22.6 Å². The number of piperidine rings is 1. The Morgan fingerprint density at radius 2 is 1.92 bits per heavy atom. The van der Waals surface area contributed by atoms with E-state index in [9.17, 15) is 9.18 Å². The first kappa shape index (κ1) is 17.4. The summed E-state index contributed by atoms with van der Waals surface area (Å²) in [7, 11) is 0. The van der Waals surface area contributed by atoms with E-state index >= 15 is 0 Å². The summed E-state index contributed by atoms with van der Waals surface area (Å²) in [5.74, 6) is 1.64. The van der Waals surface area contributed by atoms with E-state index in [1.165, 1.54) is 23.7 Å². The molecule has 1 aromatic carbocycles. The fourth-order valence-corrected chi connectivity index (χ4v) is 4.03. The SMILES string of the molecule is O=C(NCC1CCN(c2nc(Cc3ccc(F)cc3)ns2)CC1)C1CC1. The predicted octanol–water partition coefficient (Wildman–Crippen LogP) is 3.01. The fraction of sp³-hybridized carbons (Fsp3) is 0.526. The molecular formula is C19H23FN4OS. The standard InChI is InChI=1S/C19H23FN4OS/c20-16-5-1-13(2-6-16)11-17-22-19(26-23-17)24-9-7-14(8-10-24)12-21-18(25)15-3-4-15/h1-2,5-6,14-15H,3-4,7-12H2,(H,21,25). The van der Waals surface area contributed by atoms with E-state index in [2.05, 4.69) is 19.6 Å². The molecule has 0 radical (unpaired) electrons. The maximum absolute atomic E-state index is 13.0. The third-order valence-corrected chi connectivity index (χ3v) is 5.95. The Labute approximate surface area is 156 Å². The highest BCUT2D eigenvalue weighted by Gasteiger charge is 2.30. The van der Waals surface area contributed by atoms with Crippen LogP contribution in [0.4, 0.5) is 9.52 Å². The molecule has 0 bridgehead atoms. The van der Waals surface area contributed by atoms with Crippen molar-refractivity contribution in [2.24, 2.45) is 11.8 Å². The molecule has 1 aliphatic heterocycles. The van der Waals surface area contributed by atoms with E-state index in [1.807, 2.05) is 0 Å². The minimum Gasteiger partial charge on any atom is -0.356 e. The van der Waals surface area contributed by atoms with Crippen molar-refractivity contribution in [2.45, 2.75) is 32.1 Å². The van der Waals surface area contributed by atoms with Gasteiger partial charge in [-0.3, -0.25) is 4.79 Å². The van der Waals surface area contributed by atoms with Crippen molar-refractivity contribution in [3.8, 4) is 0 Å². The van der Waals surface area contributed by atoms with Crippen molar-refractivity contribution in [1.29, 1.82) is 0 Å². The van der Waals surface area contributed by atoms with Gasteiger partial charge in [0.05, 0.1) is 0 Å². The molecule has 0 unspecified atom stereocenters. The lowest BCUT2D eigenvalue weighted by molar-refractivity contribution is -0.122. The van der Waals surface area contributed by atoms with E-state index in [0.717, 1.165) is 61.8 Å². The minimum absolute atomic E-state index is 0.225. The Balaban J connectivity index is 1.26. The highest BCUT2D eigenvalue weighted by Crippen LogP contribution is 2.29. The van der Waals surface area contributed by atoms with E-state index in [0.29, 0.717) is 12.3 Å². The second-order valence-electron chi connectivity index (χ2n) is 7.25. The Kier molecular flexibility index (Phi) is 5.15. The monoisotopic (exact) mass is 374 g/mol. The van der Waals surface area contributed by atoms with Gasteiger partial charge in [-0.25, -0.2) is 9.37 Å². The number of amides is 1. The molecule has 1 saturated carbocycles. The maximum atomic E-state index is 13.0. The molecule has 0 spiro atoms. The van der Waals surface area contributed by atoms with Crippen LogP contribution < -0.4 is 10.2 Å². The second kappa shape index (κ2) is 7.70. The lowest BCUT2D eigenvalue weighted by Gasteiger charge is -2.31. The molecule has 2 aliphatic rings. The smallest absolute Gasteiger partial charge is 0.223 e. The summed E-state index contributed by atoms with van der Waals surface area (Å²) in [6, 6.07) is 6.49. The van der Waals surface area contributed by atoms with E-state index in [1.54, 1.807) is 12.1 Å². The van der Waals surface area contributed by atoms with Gasteiger partial charge in [-0.2, -0.15) is 4.37 Å². The molecule has 1 N–H and O–H groups in total. The summed E-state index contributed by atoms with van der Waals surface area (Å²) in [4.78, 5) is 18.7. The summed E-state index contributed by atoms with van der Waals surface area (Å²) in [5, 5.41) is 4.06. The highest BCUT2D eigenvalue weighted by molar-refractivity contribution is 7.09. The molecule has 7 heteroatoms. The quantitative estimate of drug-likeness (QED) is 0.844. The average Bonchev–Trinajstić information content (AvgIpc) is 3.42. The van der Waals surface area contributed by atoms with Crippen molar-refractivity contribution in [3.63, 3.8) is 0 Å². The van der Waals surface area contributed by atoms with Gasteiger partial charge in [0.1, 0.15) is 11.6 Å². The number of rotatable bonds is 6. The zero-order valence-corrected chi connectivity index (χ0v) is 15.5. The van der Waals surface area contributed by atoms with Crippen LogP contribution in [-0.4, -0.2) is 34.9 Å². The molecule has 4 rings (SSSR count). The van der Waals surface area contributed by atoms with Gasteiger partial charge in [-0.15, -0.1) is 0 Å². The third kappa shape index (κ3) is 4.38. The van der Waals surface area contributed by atoms with Gasteiger partial charge >= 0.3 is 0 Å². The van der Waals surface area contributed by atoms with Crippen LogP contribution >= 0.6 is 11.5 Å². The number of hydrogen-bond donors (Lipinski definition) is 1. The Bertz CT molecular complexity index is 751. The van der Waals surface area contributed by atoms with Crippen molar-refractivity contribution in [1.82, 2.24) is 14.7 Å². The van der Waals surface area contributed by atoms with Crippen molar-refractivity contribution < 1.29 is 9.18 Å². The molecule has 26 heavy (non-hydrogen) atoms. The summed E-state index contributed by atoms with van der Waals surface area (Å²) >= 11 is 1.43. The van der Waals surface area contributed by atoms with Crippen molar-refractivity contribution in [2.75, 3.05) is 24.5 Å². The van der Waals surface area contributed by atoms with Crippen molar-refractivity contribution in [3.05, 3.63) is 41.5 Å². The number of nitrogens with zero attached hydrogens (tertiary/aromatic N) is 3. The van der Waals surface area contributed by atoms with Gasteiger partial charge in [0.15, 0.2) is 0 Å². The zero-order chi connectivity index (χ0) is 17.9. The second-order valence-corrected chi connectivity index (χ2v) is 7.98. The number of benzene rings is 1. The van der Waals surface area contributed by atoms with E-state index in [-0.39, 0.29) is 17.6 Å². The number of aromatic nitrogens is 2. The molecular weight excluding hydrogens is 351 g/mol. The Morgan fingerprint density at radius 3 is 2.62 bits per heavy atom. The van der Waals surface area contributed by atoms with Crippen LogP contribution in [0.2, 0.25) is 0 Å². The maximum Gasteiger partial charge on any atom is 0.223 e.